The lowest BCUT2D eigenvalue weighted by Gasteiger charge is -2.22. The van der Waals surface area contributed by atoms with Crippen LogP contribution >= 0.6 is 0 Å². The summed E-state index contributed by atoms with van der Waals surface area (Å²) in [4.78, 5) is 0.173. The van der Waals surface area contributed by atoms with Crippen LogP contribution < -0.4 is 11.1 Å². The molecule has 0 aliphatic carbocycles. The summed E-state index contributed by atoms with van der Waals surface area (Å²) in [5, 5.41) is 3.30. The molecule has 0 spiro atoms. The lowest BCUT2D eigenvalue weighted by molar-refractivity contribution is 0.183. The molecule has 0 radical (unpaired) electrons. The maximum Gasteiger partial charge on any atom is 0.177 e. The Morgan fingerprint density at radius 2 is 2.21 bits per heavy atom. The Bertz CT molecular complexity index is 551. The molecule has 1 aliphatic heterocycles. The number of rotatable bonds is 4. The van der Waals surface area contributed by atoms with Crippen LogP contribution in [0.3, 0.4) is 0 Å². The zero-order valence-electron chi connectivity index (χ0n) is 11.2. The van der Waals surface area contributed by atoms with E-state index >= 15 is 0 Å². The van der Waals surface area contributed by atoms with Crippen LogP contribution in [-0.2, 0) is 14.6 Å². The molecule has 0 saturated carbocycles. The third-order valence-electron chi connectivity index (χ3n) is 3.52. The predicted octanol–water partition coefficient (Wildman–Crippen LogP) is 1.51. The van der Waals surface area contributed by atoms with Crippen LogP contribution in [0, 0.1) is 5.92 Å². The highest BCUT2D eigenvalue weighted by atomic mass is 32.2. The molecule has 2 rings (SSSR count). The van der Waals surface area contributed by atoms with Gasteiger partial charge in [0.1, 0.15) is 0 Å². The average molecular weight is 284 g/mol. The van der Waals surface area contributed by atoms with Crippen molar-refractivity contribution in [3.05, 3.63) is 18.2 Å². The van der Waals surface area contributed by atoms with E-state index in [1.165, 1.54) is 6.07 Å². The van der Waals surface area contributed by atoms with Gasteiger partial charge in [0.2, 0.25) is 0 Å². The summed E-state index contributed by atoms with van der Waals surface area (Å²) in [6.07, 6.45) is 2.18. The highest BCUT2D eigenvalue weighted by Gasteiger charge is 2.23. The van der Waals surface area contributed by atoms with Crippen molar-refractivity contribution in [2.75, 3.05) is 30.5 Å². The minimum atomic E-state index is -3.30. The van der Waals surface area contributed by atoms with Gasteiger partial charge >= 0.3 is 0 Å². The maximum atomic E-state index is 11.6. The van der Waals surface area contributed by atoms with Crippen molar-refractivity contribution in [1.82, 2.24) is 0 Å². The Kier molecular flexibility index (Phi) is 4.01. The monoisotopic (exact) mass is 284 g/mol. The number of sulfone groups is 1. The molecule has 1 aromatic rings. The van der Waals surface area contributed by atoms with Gasteiger partial charge in [-0.3, -0.25) is 0 Å². The van der Waals surface area contributed by atoms with Gasteiger partial charge in [-0.1, -0.05) is 6.07 Å². The quantitative estimate of drug-likeness (QED) is 0.819. The van der Waals surface area contributed by atoms with E-state index in [-0.39, 0.29) is 16.6 Å². The predicted molar refractivity (Wildman–Crippen MR) is 76.0 cm³/mol. The van der Waals surface area contributed by atoms with E-state index < -0.39 is 9.84 Å². The van der Waals surface area contributed by atoms with Crippen LogP contribution in [0.25, 0.3) is 0 Å². The summed E-state index contributed by atoms with van der Waals surface area (Å²) in [5.41, 5.74) is 6.90. The van der Waals surface area contributed by atoms with E-state index in [2.05, 4.69) is 12.2 Å². The summed E-state index contributed by atoms with van der Waals surface area (Å²) in [5.74, 6) is 0.432. The molecule has 2 unspecified atom stereocenters. The molecular formula is C13H20N2O3S. The first kappa shape index (κ1) is 14.1. The molecule has 3 N–H and O–H groups in total. The minimum Gasteiger partial charge on any atom is -0.396 e. The van der Waals surface area contributed by atoms with Crippen molar-refractivity contribution in [2.45, 2.75) is 24.3 Å². The summed E-state index contributed by atoms with van der Waals surface area (Å²) in [6.45, 7) is 3.58. The first-order chi connectivity index (χ1) is 8.89. The second-order valence-electron chi connectivity index (χ2n) is 5.05. The fourth-order valence-corrected chi connectivity index (χ4v) is 3.14. The summed E-state index contributed by atoms with van der Waals surface area (Å²) in [6, 6.07) is 5.22. The van der Waals surface area contributed by atoms with Gasteiger partial charge in [-0.15, -0.1) is 0 Å². The molecule has 19 heavy (non-hydrogen) atoms. The van der Waals surface area contributed by atoms with Gasteiger partial charge in [-0.2, -0.15) is 0 Å². The van der Waals surface area contributed by atoms with E-state index in [4.69, 9.17) is 10.5 Å². The molecule has 1 heterocycles. The Balaban J connectivity index is 2.21. The van der Waals surface area contributed by atoms with Gasteiger partial charge in [0.25, 0.3) is 0 Å². The van der Waals surface area contributed by atoms with Crippen LogP contribution in [0.15, 0.2) is 23.1 Å². The van der Waals surface area contributed by atoms with Gasteiger partial charge in [0, 0.05) is 24.8 Å². The van der Waals surface area contributed by atoms with Gasteiger partial charge in [0.05, 0.1) is 22.9 Å². The van der Waals surface area contributed by atoms with E-state index in [1.54, 1.807) is 12.1 Å². The number of hydrogen-bond donors (Lipinski definition) is 2. The topological polar surface area (TPSA) is 81.4 Å². The Morgan fingerprint density at radius 1 is 1.47 bits per heavy atom. The SMILES string of the molecule is CC(Nc1cccc(S(C)(=O)=O)c1N)C1CCOC1. The first-order valence-electron chi connectivity index (χ1n) is 6.32. The van der Waals surface area contributed by atoms with Gasteiger partial charge in [-0.05, 0) is 25.5 Å². The van der Waals surface area contributed by atoms with Crippen molar-refractivity contribution in [1.29, 1.82) is 0 Å². The fourth-order valence-electron chi connectivity index (χ4n) is 2.30. The number of para-hydroxylation sites is 1. The van der Waals surface area contributed by atoms with E-state index in [0.717, 1.165) is 25.9 Å². The molecule has 1 saturated heterocycles. The molecule has 0 bridgehead atoms. The maximum absolute atomic E-state index is 11.6. The van der Waals surface area contributed by atoms with E-state index in [1.807, 2.05) is 0 Å². The molecule has 6 heteroatoms. The molecule has 106 valence electrons. The number of hydrogen-bond acceptors (Lipinski definition) is 5. The highest BCUT2D eigenvalue weighted by Crippen LogP contribution is 2.29. The molecular weight excluding hydrogens is 264 g/mol. The normalized spacial score (nSPS) is 21.3. The van der Waals surface area contributed by atoms with Crippen molar-refractivity contribution in [2.24, 2.45) is 5.92 Å². The molecule has 2 atom stereocenters. The third-order valence-corrected chi connectivity index (χ3v) is 4.68. The second-order valence-corrected chi connectivity index (χ2v) is 7.03. The van der Waals surface area contributed by atoms with Crippen LogP contribution in [-0.4, -0.2) is 33.9 Å². The van der Waals surface area contributed by atoms with Crippen LogP contribution in [0.2, 0.25) is 0 Å². The van der Waals surface area contributed by atoms with Crippen LogP contribution in [0.4, 0.5) is 11.4 Å². The van der Waals surface area contributed by atoms with Gasteiger partial charge in [-0.25, -0.2) is 8.42 Å². The zero-order valence-corrected chi connectivity index (χ0v) is 12.0. The lowest BCUT2D eigenvalue weighted by Crippen LogP contribution is -2.26. The Labute approximate surface area is 114 Å². The number of nitrogens with one attached hydrogen (secondary N) is 1. The smallest absolute Gasteiger partial charge is 0.177 e. The molecule has 5 nitrogen and oxygen atoms in total. The van der Waals surface area contributed by atoms with Crippen molar-refractivity contribution in [3.8, 4) is 0 Å². The molecule has 1 aromatic carbocycles. The minimum absolute atomic E-state index is 0.173. The Hall–Kier alpha value is -1.27. The lowest BCUT2D eigenvalue weighted by atomic mass is 10.0. The highest BCUT2D eigenvalue weighted by molar-refractivity contribution is 7.90. The number of benzene rings is 1. The third kappa shape index (κ3) is 3.19. The number of nitrogens with two attached hydrogens (primary N) is 1. The summed E-state index contributed by atoms with van der Waals surface area (Å²) < 4.78 is 28.6. The summed E-state index contributed by atoms with van der Waals surface area (Å²) in [7, 11) is -3.30. The molecule has 1 fully saturated rings. The average Bonchev–Trinajstić information content (AvgIpc) is 2.83. The van der Waals surface area contributed by atoms with Crippen molar-refractivity contribution < 1.29 is 13.2 Å². The number of anilines is 2. The van der Waals surface area contributed by atoms with E-state index in [0.29, 0.717) is 11.6 Å². The van der Waals surface area contributed by atoms with Gasteiger partial charge < -0.3 is 15.8 Å². The fraction of sp³-hybridized carbons (Fsp3) is 0.538. The second kappa shape index (κ2) is 5.38. The summed E-state index contributed by atoms with van der Waals surface area (Å²) >= 11 is 0. The van der Waals surface area contributed by atoms with Crippen molar-refractivity contribution in [3.63, 3.8) is 0 Å². The van der Waals surface area contributed by atoms with E-state index in [9.17, 15) is 8.42 Å². The number of nitrogen functional groups attached to an aromatic ring is 1. The molecule has 0 amide bonds. The van der Waals surface area contributed by atoms with Gasteiger partial charge in [0.15, 0.2) is 9.84 Å². The molecule has 0 aromatic heterocycles. The zero-order chi connectivity index (χ0) is 14.0. The standard InChI is InChI=1S/C13H20N2O3S/c1-9(10-6-7-18-8-10)15-11-4-3-5-12(13(11)14)19(2,16)17/h3-5,9-10,15H,6-8,14H2,1-2H3. The number of ether oxygens (including phenoxy) is 1. The first-order valence-corrected chi connectivity index (χ1v) is 8.21. The van der Waals surface area contributed by atoms with Crippen LogP contribution in [0.5, 0.6) is 0 Å². The Morgan fingerprint density at radius 3 is 2.79 bits per heavy atom. The molecule has 1 aliphatic rings. The van der Waals surface area contributed by atoms with Crippen molar-refractivity contribution >= 4 is 21.2 Å². The largest absolute Gasteiger partial charge is 0.396 e. The van der Waals surface area contributed by atoms with Crippen LogP contribution in [0.1, 0.15) is 13.3 Å².